The number of benzene rings is 2. The van der Waals surface area contributed by atoms with Crippen molar-refractivity contribution in [3.05, 3.63) is 53.6 Å². The molecule has 31 heavy (non-hydrogen) atoms. The third-order valence-corrected chi connectivity index (χ3v) is 6.21. The number of thiazole rings is 1. The van der Waals surface area contributed by atoms with Crippen LogP contribution in [0.25, 0.3) is 10.2 Å². The minimum atomic E-state index is -0.433. The standard InChI is InChI=1S/C23H27N3O4S/c1-5-25(6-2)13-14-26(21(27)16-7-9-17(10-8-16)22(28)30-4)23-24-19-15-18(29-3)11-12-20(19)31-23/h7-12,15H,5-6,13-14H2,1-4H3. The first-order chi connectivity index (χ1) is 15.0. The maximum atomic E-state index is 13.4. The van der Waals surface area contributed by atoms with E-state index in [1.807, 2.05) is 18.2 Å². The monoisotopic (exact) mass is 441 g/mol. The minimum Gasteiger partial charge on any atom is -0.497 e. The van der Waals surface area contributed by atoms with Crippen LogP contribution < -0.4 is 9.64 Å². The molecule has 3 aromatic rings. The number of carbonyl (C=O) groups is 2. The maximum Gasteiger partial charge on any atom is 0.337 e. The van der Waals surface area contributed by atoms with Crippen LogP contribution in [0.1, 0.15) is 34.6 Å². The number of methoxy groups -OCH3 is 2. The quantitative estimate of drug-likeness (QED) is 0.466. The van der Waals surface area contributed by atoms with E-state index in [2.05, 4.69) is 18.7 Å². The van der Waals surface area contributed by atoms with Crippen molar-refractivity contribution in [3.8, 4) is 5.75 Å². The summed E-state index contributed by atoms with van der Waals surface area (Å²) in [6.45, 7) is 7.26. The summed E-state index contributed by atoms with van der Waals surface area (Å²) in [7, 11) is 2.95. The number of rotatable bonds is 9. The Balaban J connectivity index is 1.93. The average molecular weight is 442 g/mol. The summed E-state index contributed by atoms with van der Waals surface area (Å²) in [5.74, 6) is 0.135. The number of nitrogens with zero attached hydrogens (tertiary/aromatic N) is 3. The lowest BCUT2D eigenvalue weighted by atomic mass is 10.1. The lowest BCUT2D eigenvalue weighted by Crippen LogP contribution is -2.38. The van der Waals surface area contributed by atoms with Crippen LogP contribution in [-0.4, -0.2) is 62.2 Å². The molecule has 0 aliphatic carbocycles. The van der Waals surface area contributed by atoms with E-state index in [-0.39, 0.29) is 5.91 Å². The molecule has 164 valence electrons. The van der Waals surface area contributed by atoms with E-state index in [0.29, 0.717) is 22.8 Å². The van der Waals surface area contributed by atoms with Gasteiger partial charge in [0.2, 0.25) is 0 Å². The van der Waals surface area contributed by atoms with Crippen LogP contribution >= 0.6 is 11.3 Å². The Kier molecular flexibility index (Phi) is 7.59. The number of likely N-dealkylation sites (N-methyl/N-ethyl adjacent to an activating group) is 1. The molecular weight excluding hydrogens is 414 g/mol. The summed E-state index contributed by atoms with van der Waals surface area (Å²) in [4.78, 5) is 33.8. The lowest BCUT2D eigenvalue weighted by molar-refractivity contribution is 0.0600. The SMILES string of the molecule is CCN(CC)CCN(C(=O)c1ccc(C(=O)OC)cc1)c1nc2cc(OC)ccc2s1. The molecule has 0 atom stereocenters. The lowest BCUT2D eigenvalue weighted by Gasteiger charge is -2.24. The normalized spacial score (nSPS) is 11.0. The zero-order valence-electron chi connectivity index (χ0n) is 18.3. The van der Waals surface area contributed by atoms with E-state index in [1.165, 1.54) is 18.4 Å². The molecule has 0 aliphatic heterocycles. The van der Waals surface area contributed by atoms with Gasteiger partial charge in [-0.3, -0.25) is 9.69 Å². The molecule has 8 heteroatoms. The molecule has 2 aromatic carbocycles. The molecule has 0 bridgehead atoms. The van der Waals surface area contributed by atoms with Gasteiger partial charge in [-0.05, 0) is 49.5 Å². The Labute approximate surface area is 186 Å². The predicted molar refractivity (Wildman–Crippen MR) is 123 cm³/mol. The number of hydrogen-bond acceptors (Lipinski definition) is 7. The van der Waals surface area contributed by atoms with Crippen LogP contribution in [0, 0.1) is 0 Å². The molecule has 1 aromatic heterocycles. The summed E-state index contributed by atoms with van der Waals surface area (Å²) in [5.41, 5.74) is 1.69. The summed E-state index contributed by atoms with van der Waals surface area (Å²) in [6, 6.07) is 12.2. The fourth-order valence-electron chi connectivity index (χ4n) is 3.23. The van der Waals surface area contributed by atoms with Crippen LogP contribution in [0.15, 0.2) is 42.5 Å². The van der Waals surface area contributed by atoms with Crippen LogP contribution in [-0.2, 0) is 4.74 Å². The largest absolute Gasteiger partial charge is 0.497 e. The Bertz CT molecular complexity index is 1040. The fourth-order valence-corrected chi connectivity index (χ4v) is 4.20. The first kappa shape index (κ1) is 22.7. The molecule has 0 aliphatic rings. The van der Waals surface area contributed by atoms with Gasteiger partial charge in [0.25, 0.3) is 5.91 Å². The van der Waals surface area contributed by atoms with Crippen molar-refractivity contribution in [3.63, 3.8) is 0 Å². The highest BCUT2D eigenvalue weighted by Crippen LogP contribution is 2.32. The summed E-state index contributed by atoms with van der Waals surface area (Å²) in [5, 5.41) is 0.637. The molecule has 1 amide bonds. The van der Waals surface area contributed by atoms with Gasteiger partial charge in [0.1, 0.15) is 5.75 Å². The molecule has 0 saturated carbocycles. The van der Waals surface area contributed by atoms with Crippen molar-refractivity contribution in [1.29, 1.82) is 0 Å². The van der Waals surface area contributed by atoms with Crippen molar-refractivity contribution in [2.75, 3.05) is 45.3 Å². The average Bonchev–Trinajstić information content (AvgIpc) is 3.24. The van der Waals surface area contributed by atoms with E-state index < -0.39 is 5.97 Å². The number of ether oxygens (including phenoxy) is 2. The number of anilines is 1. The van der Waals surface area contributed by atoms with E-state index in [0.717, 1.165) is 35.6 Å². The van der Waals surface area contributed by atoms with Gasteiger partial charge in [-0.15, -0.1) is 0 Å². The van der Waals surface area contributed by atoms with E-state index in [9.17, 15) is 9.59 Å². The Morgan fingerprint density at radius 3 is 2.26 bits per heavy atom. The number of hydrogen-bond donors (Lipinski definition) is 0. The van der Waals surface area contributed by atoms with Crippen molar-refractivity contribution >= 4 is 38.6 Å². The summed E-state index contributed by atoms with van der Waals surface area (Å²) in [6.07, 6.45) is 0. The van der Waals surface area contributed by atoms with Crippen molar-refractivity contribution in [2.45, 2.75) is 13.8 Å². The number of carbonyl (C=O) groups excluding carboxylic acids is 2. The Morgan fingerprint density at radius 1 is 0.968 bits per heavy atom. The molecule has 0 unspecified atom stereocenters. The van der Waals surface area contributed by atoms with Gasteiger partial charge >= 0.3 is 5.97 Å². The Morgan fingerprint density at radius 2 is 1.65 bits per heavy atom. The van der Waals surface area contributed by atoms with Gasteiger partial charge in [0, 0.05) is 24.7 Å². The first-order valence-electron chi connectivity index (χ1n) is 10.2. The number of amides is 1. The minimum absolute atomic E-state index is 0.158. The second-order valence-electron chi connectivity index (χ2n) is 6.88. The van der Waals surface area contributed by atoms with E-state index in [1.54, 1.807) is 36.3 Å². The molecular formula is C23H27N3O4S. The van der Waals surface area contributed by atoms with E-state index >= 15 is 0 Å². The summed E-state index contributed by atoms with van der Waals surface area (Å²) >= 11 is 1.47. The molecule has 1 heterocycles. The summed E-state index contributed by atoms with van der Waals surface area (Å²) < 4.78 is 11.0. The molecule has 0 N–H and O–H groups in total. The smallest absolute Gasteiger partial charge is 0.337 e. The molecule has 0 saturated heterocycles. The van der Waals surface area contributed by atoms with Gasteiger partial charge in [0.05, 0.1) is 30.0 Å². The van der Waals surface area contributed by atoms with Gasteiger partial charge in [-0.2, -0.15) is 0 Å². The van der Waals surface area contributed by atoms with Crippen LogP contribution in [0.3, 0.4) is 0 Å². The number of fused-ring (bicyclic) bond motifs is 1. The van der Waals surface area contributed by atoms with Crippen molar-refractivity contribution in [1.82, 2.24) is 9.88 Å². The third-order valence-electron chi connectivity index (χ3n) is 5.15. The van der Waals surface area contributed by atoms with Crippen molar-refractivity contribution < 1.29 is 19.1 Å². The molecule has 7 nitrogen and oxygen atoms in total. The zero-order valence-corrected chi connectivity index (χ0v) is 19.1. The van der Waals surface area contributed by atoms with Gasteiger partial charge in [0.15, 0.2) is 5.13 Å². The van der Waals surface area contributed by atoms with Crippen LogP contribution in [0.4, 0.5) is 5.13 Å². The second-order valence-corrected chi connectivity index (χ2v) is 7.89. The van der Waals surface area contributed by atoms with Gasteiger partial charge < -0.3 is 14.4 Å². The highest BCUT2D eigenvalue weighted by Gasteiger charge is 2.22. The predicted octanol–water partition coefficient (Wildman–Crippen LogP) is 4.08. The fraction of sp³-hybridized carbons (Fsp3) is 0.348. The zero-order chi connectivity index (χ0) is 22.4. The first-order valence-corrected chi connectivity index (χ1v) is 11.0. The maximum absolute atomic E-state index is 13.4. The topological polar surface area (TPSA) is 72.0 Å². The Hall–Kier alpha value is -2.97. The van der Waals surface area contributed by atoms with Crippen LogP contribution in [0.5, 0.6) is 5.75 Å². The molecule has 3 rings (SSSR count). The highest BCUT2D eigenvalue weighted by molar-refractivity contribution is 7.22. The second kappa shape index (κ2) is 10.4. The molecule has 0 fully saturated rings. The number of esters is 1. The van der Waals surface area contributed by atoms with Gasteiger partial charge in [-0.25, -0.2) is 9.78 Å². The van der Waals surface area contributed by atoms with Gasteiger partial charge in [-0.1, -0.05) is 25.2 Å². The van der Waals surface area contributed by atoms with Crippen LogP contribution in [0.2, 0.25) is 0 Å². The van der Waals surface area contributed by atoms with E-state index in [4.69, 9.17) is 14.5 Å². The molecule has 0 spiro atoms. The molecule has 0 radical (unpaired) electrons. The highest BCUT2D eigenvalue weighted by atomic mass is 32.1. The van der Waals surface area contributed by atoms with Crippen molar-refractivity contribution in [2.24, 2.45) is 0 Å². The number of aromatic nitrogens is 1. The third kappa shape index (κ3) is 5.21.